The third-order valence-electron chi connectivity index (χ3n) is 4.47. The van der Waals surface area contributed by atoms with E-state index in [9.17, 15) is 8.42 Å². The van der Waals surface area contributed by atoms with Crippen LogP contribution in [0.2, 0.25) is 0 Å². The van der Waals surface area contributed by atoms with Gasteiger partial charge in [-0.05, 0) is 37.1 Å². The first kappa shape index (κ1) is 16.6. The fourth-order valence-electron chi connectivity index (χ4n) is 3.26. The first-order valence-electron chi connectivity index (χ1n) is 8.05. The van der Waals surface area contributed by atoms with Gasteiger partial charge in [-0.25, -0.2) is 13.4 Å². The second kappa shape index (κ2) is 7.12. The molecule has 0 amide bonds. The molecule has 128 valence electrons. The van der Waals surface area contributed by atoms with E-state index in [-0.39, 0.29) is 5.25 Å². The summed E-state index contributed by atoms with van der Waals surface area (Å²) in [6.45, 7) is 4.12. The smallest absolute Gasteiger partial charge is 0.218 e. The fourth-order valence-corrected chi connectivity index (χ4v) is 5.21. The number of aromatic nitrogens is 1. The van der Waals surface area contributed by atoms with Gasteiger partial charge in [0.25, 0.3) is 0 Å². The topological polar surface area (TPSA) is 88.8 Å². The molecule has 1 unspecified atom stereocenters. The van der Waals surface area contributed by atoms with Crippen molar-refractivity contribution in [3.63, 3.8) is 0 Å². The van der Waals surface area contributed by atoms with E-state index < -0.39 is 10.0 Å². The molecule has 3 rings (SSSR count). The third kappa shape index (κ3) is 4.00. The molecule has 2 saturated heterocycles. The largest absolute Gasteiger partial charge is 0.384 e. The Morgan fingerprint density at radius 1 is 1.30 bits per heavy atom. The number of hydrogen-bond acceptors (Lipinski definition) is 6. The van der Waals surface area contributed by atoms with Gasteiger partial charge in [-0.15, -0.1) is 0 Å². The predicted octanol–water partition coefficient (Wildman–Crippen LogP) is 0.290. The van der Waals surface area contributed by atoms with Crippen molar-refractivity contribution in [2.24, 2.45) is 0 Å². The molecular formula is C15H24N4O3S. The summed E-state index contributed by atoms with van der Waals surface area (Å²) < 4.78 is 32.5. The number of likely N-dealkylation sites (tertiary alicyclic amines) is 1. The molecule has 0 radical (unpaired) electrons. The highest BCUT2D eigenvalue weighted by molar-refractivity contribution is 7.89. The Hall–Kier alpha value is -1.22. The number of hydrogen-bond donors (Lipinski definition) is 1. The van der Waals surface area contributed by atoms with Crippen molar-refractivity contribution < 1.29 is 13.2 Å². The minimum atomic E-state index is -3.24. The summed E-state index contributed by atoms with van der Waals surface area (Å²) >= 11 is 0. The van der Waals surface area contributed by atoms with Crippen LogP contribution in [-0.2, 0) is 21.3 Å². The average molecular weight is 340 g/mol. The van der Waals surface area contributed by atoms with Crippen molar-refractivity contribution in [1.29, 1.82) is 0 Å². The highest BCUT2D eigenvalue weighted by atomic mass is 32.2. The van der Waals surface area contributed by atoms with Crippen molar-refractivity contribution in [1.82, 2.24) is 14.2 Å². The van der Waals surface area contributed by atoms with Gasteiger partial charge in [0.1, 0.15) is 5.82 Å². The second-order valence-electron chi connectivity index (χ2n) is 6.14. The molecule has 1 atom stereocenters. The number of sulfonamides is 1. The summed E-state index contributed by atoms with van der Waals surface area (Å²) in [6, 6.07) is 3.77. The maximum absolute atomic E-state index is 12.8. The van der Waals surface area contributed by atoms with E-state index in [0.29, 0.717) is 45.2 Å². The number of pyridine rings is 1. The zero-order valence-corrected chi connectivity index (χ0v) is 14.0. The van der Waals surface area contributed by atoms with Crippen molar-refractivity contribution in [2.75, 3.05) is 45.1 Å². The molecule has 0 aliphatic carbocycles. The van der Waals surface area contributed by atoms with Crippen molar-refractivity contribution in [3.05, 3.63) is 23.9 Å². The van der Waals surface area contributed by atoms with Crippen LogP contribution in [0.3, 0.4) is 0 Å². The van der Waals surface area contributed by atoms with Crippen molar-refractivity contribution >= 4 is 15.8 Å². The molecule has 8 heteroatoms. The van der Waals surface area contributed by atoms with Gasteiger partial charge < -0.3 is 10.5 Å². The molecule has 7 nitrogen and oxygen atoms in total. The quantitative estimate of drug-likeness (QED) is 0.847. The molecule has 1 aromatic heterocycles. The van der Waals surface area contributed by atoms with Crippen LogP contribution in [0.15, 0.2) is 18.3 Å². The molecule has 2 N–H and O–H groups in total. The maximum atomic E-state index is 12.8. The predicted molar refractivity (Wildman–Crippen MR) is 88.3 cm³/mol. The molecule has 2 aliphatic rings. The van der Waals surface area contributed by atoms with E-state index in [2.05, 4.69) is 9.88 Å². The minimum Gasteiger partial charge on any atom is -0.384 e. The van der Waals surface area contributed by atoms with Crippen LogP contribution in [0.25, 0.3) is 0 Å². The van der Waals surface area contributed by atoms with Gasteiger partial charge in [-0.1, -0.05) is 0 Å². The minimum absolute atomic E-state index is 0.325. The van der Waals surface area contributed by atoms with Crippen molar-refractivity contribution in [2.45, 2.75) is 24.6 Å². The number of piperidine rings is 1. The number of nitrogen functional groups attached to an aromatic ring is 1. The molecule has 0 bridgehead atoms. The normalized spacial score (nSPS) is 24.6. The van der Waals surface area contributed by atoms with E-state index in [4.69, 9.17) is 10.5 Å². The van der Waals surface area contributed by atoms with Gasteiger partial charge >= 0.3 is 0 Å². The maximum Gasteiger partial charge on any atom is 0.218 e. The van der Waals surface area contributed by atoms with E-state index in [1.165, 1.54) is 0 Å². The number of morpholine rings is 1. The van der Waals surface area contributed by atoms with Gasteiger partial charge in [-0.2, -0.15) is 4.31 Å². The number of nitrogens with zero attached hydrogens (tertiary/aromatic N) is 3. The van der Waals surface area contributed by atoms with Crippen molar-refractivity contribution in [3.8, 4) is 0 Å². The Morgan fingerprint density at radius 3 is 2.83 bits per heavy atom. The summed E-state index contributed by atoms with van der Waals surface area (Å²) in [7, 11) is -3.24. The molecule has 3 heterocycles. The molecule has 0 spiro atoms. The SMILES string of the molecule is Nc1cc(CN2CCCC(S(=O)(=O)N3CCOCC3)C2)ccn1. The summed E-state index contributed by atoms with van der Waals surface area (Å²) in [5.74, 6) is 0.497. The first-order chi connectivity index (χ1) is 11.1. The van der Waals surface area contributed by atoms with E-state index in [1.54, 1.807) is 10.5 Å². The third-order valence-corrected chi connectivity index (χ3v) is 6.78. The number of anilines is 1. The van der Waals surface area contributed by atoms with Crippen LogP contribution >= 0.6 is 0 Å². The number of rotatable bonds is 4. The molecule has 2 fully saturated rings. The summed E-state index contributed by atoms with van der Waals surface area (Å²) in [4.78, 5) is 6.19. The lowest BCUT2D eigenvalue weighted by Gasteiger charge is -2.36. The summed E-state index contributed by atoms with van der Waals surface area (Å²) in [6.07, 6.45) is 3.32. The molecule has 2 aliphatic heterocycles. The van der Waals surface area contributed by atoms with Gasteiger partial charge in [0.15, 0.2) is 0 Å². The monoisotopic (exact) mass is 340 g/mol. The van der Waals surface area contributed by atoms with E-state index in [1.807, 2.05) is 12.1 Å². The molecule has 0 saturated carbocycles. The van der Waals surface area contributed by atoms with E-state index >= 15 is 0 Å². The molecule has 23 heavy (non-hydrogen) atoms. The van der Waals surface area contributed by atoms with Crippen LogP contribution in [-0.4, -0.2) is 67.2 Å². The van der Waals surface area contributed by atoms with Crippen LogP contribution in [0.4, 0.5) is 5.82 Å². The zero-order valence-electron chi connectivity index (χ0n) is 13.2. The molecular weight excluding hydrogens is 316 g/mol. The Morgan fingerprint density at radius 2 is 2.09 bits per heavy atom. The van der Waals surface area contributed by atoms with Crippen LogP contribution in [0.1, 0.15) is 18.4 Å². The van der Waals surface area contributed by atoms with Gasteiger partial charge in [-0.3, -0.25) is 4.90 Å². The molecule has 1 aromatic rings. The Kier molecular flexibility index (Phi) is 5.15. The Labute approximate surface area is 137 Å². The summed E-state index contributed by atoms with van der Waals surface area (Å²) in [5, 5.41) is -0.325. The van der Waals surface area contributed by atoms with Gasteiger partial charge in [0, 0.05) is 32.4 Å². The van der Waals surface area contributed by atoms with Crippen LogP contribution < -0.4 is 5.73 Å². The Balaban J connectivity index is 1.65. The first-order valence-corrected chi connectivity index (χ1v) is 9.55. The zero-order chi connectivity index (χ0) is 16.3. The van der Waals surface area contributed by atoms with Crippen LogP contribution in [0.5, 0.6) is 0 Å². The standard InChI is InChI=1S/C15H24N4O3S/c16-15-10-13(3-4-17-15)11-18-5-1-2-14(12-18)23(20,21)19-6-8-22-9-7-19/h3-4,10,14H,1-2,5-9,11-12H2,(H2,16,17). The van der Waals surface area contributed by atoms with Gasteiger partial charge in [0.2, 0.25) is 10.0 Å². The highest BCUT2D eigenvalue weighted by Gasteiger charge is 2.35. The fraction of sp³-hybridized carbons (Fsp3) is 0.667. The number of nitrogens with two attached hydrogens (primary N) is 1. The van der Waals surface area contributed by atoms with Crippen LogP contribution in [0, 0.1) is 0 Å². The second-order valence-corrected chi connectivity index (χ2v) is 8.36. The average Bonchev–Trinajstić information content (AvgIpc) is 2.56. The summed E-state index contributed by atoms with van der Waals surface area (Å²) in [5.41, 5.74) is 6.78. The lowest BCUT2D eigenvalue weighted by molar-refractivity contribution is 0.0719. The Bertz CT molecular complexity index is 631. The van der Waals surface area contributed by atoms with E-state index in [0.717, 1.165) is 24.9 Å². The van der Waals surface area contributed by atoms with Gasteiger partial charge in [0.05, 0.1) is 18.5 Å². The highest BCUT2D eigenvalue weighted by Crippen LogP contribution is 2.22. The molecule has 0 aromatic carbocycles. The lowest BCUT2D eigenvalue weighted by atomic mass is 10.1. The number of ether oxygens (including phenoxy) is 1. The lowest BCUT2D eigenvalue weighted by Crippen LogP contribution is -2.50.